The minimum Gasteiger partial charge on any atom is -0.545 e. The van der Waals surface area contributed by atoms with Crippen molar-refractivity contribution in [2.75, 3.05) is 0 Å². The number of carbonyl (C=O) groups excluding carboxylic acids is 1. The summed E-state index contributed by atoms with van der Waals surface area (Å²) in [5, 5.41) is 10.2. The molecule has 0 aliphatic heterocycles. The van der Waals surface area contributed by atoms with Crippen molar-refractivity contribution >= 4 is 21.9 Å². The van der Waals surface area contributed by atoms with Crippen molar-refractivity contribution in [3.05, 3.63) is 34.1 Å². The Bertz CT molecular complexity index is 303. The second kappa shape index (κ2) is 5.46. The van der Waals surface area contributed by atoms with Gasteiger partial charge < -0.3 is 9.90 Å². The number of carboxylic acids is 1. The van der Waals surface area contributed by atoms with Crippen LogP contribution in [0.4, 0.5) is 4.39 Å². The fourth-order valence-electron chi connectivity index (χ4n) is 0.655. The zero-order chi connectivity index (χ0) is 8.43. The van der Waals surface area contributed by atoms with E-state index in [2.05, 4.69) is 15.9 Å². The van der Waals surface area contributed by atoms with E-state index in [0.717, 1.165) is 12.1 Å². The van der Waals surface area contributed by atoms with Crippen LogP contribution in [0.2, 0.25) is 0 Å². The molecule has 0 unspecified atom stereocenters. The van der Waals surface area contributed by atoms with E-state index in [1.54, 1.807) is 0 Å². The van der Waals surface area contributed by atoms with Gasteiger partial charge in [-0.2, -0.15) is 0 Å². The van der Waals surface area contributed by atoms with Crippen LogP contribution in [0.1, 0.15) is 10.4 Å². The first kappa shape index (κ1) is 12.7. The molecule has 0 aliphatic rings. The molecule has 2 nitrogen and oxygen atoms in total. The maximum Gasteiger partial charge on any atom is 1.00 e. The number of halogens is 2. The van der Waals surface area contributed by atoms with Gasteiger partial charge in [0.25, 0.3) is 0 Å². The molecule has 58 valence electrons. The van der Waals surface area contributed by atoms with Crippen LogP contribution in [0.25, 0.3) is 0 Å². The molecule has 12 heavy (non-hydrogen) atoms. The molecule has 0 N–H and O–H groups in total. The zero-order valence-corrected chi connectivity index (χ0v) is 11.0. The van der Waals surface area contributed by atoms with E-state index in [0.29, 0.717) is 4.47 Å². The van der Waals surface area contributed by atoms with Crippen LogP contribution in [0, 0.1) is 5.82 Å². The van der Waals surface area contributed by atoms with E-state index in [1.165, 1.54) is 6.07 Å². The van der Waals surface area contributed by atoms with E-state index in [1.807, 2.05) is 0 Å². The first-order valence-corrected chi connectivity index (χ1v) is 3.57. The van der Waals surface area contributed by atoms with Crippen molar-refractivity contribution in [2.24, 2.45) is 0 Å². The van der Waals surface area contributed by atoms with Gasteiger partial charge in [-0.3, -0.25) is 0 Å². The minimum atomic E-state index is -1.50. The maximum atomic E-state index is 12.7. The molecule has 0 fully saturated rings. The summed E-state index contributed by atoms with van der Waals surface area (Å²) in [7, 11) is 0. The Hall–Kier alpha value is 0.736. The number of rotatable bonds is 1. The average molecular weight is 257 g/mol. The van der Waals surface area contributed by atoms with Gasteiger partial charge in [-0.15, -0.1) is 0 Å². The topological polar surface area (TPSA) is 40.1 Å². The van der Waals surface area contributed by atoms with Gasteiger partial charge in [-0.25, -0.2) is 4.39 Å². The summed E-state index contributed by atoms with van der Waals surface area (Å²) in [6, 6.07) is 3.66. The molecule has 1 rings (SSSR count). The van der Waals surface area contributed by atoms with Crippen LogP contribution in [0.3, 0.4) is 0 Å². The number of carbonyl (C=O) groups is 1. The van der Waals surface area contributed by atoms with Gasteiger partial charge in [0.2, 0.25) is 0 Å². The average Bonchev–Trinajstić information content (AvgIpc) is 1.85. The van der Waals surface area contributed by atoms with Crippen LogP contribution in [-0.2, 0) is 0 Å². The van der Waals surface area contributed by atoms with Gasteiger partial charge in [-0.05, 0) is 18.2 Å². The molecule has 0 atom stereocenters. The van der Waals surface area contributed by atoms with E-state index in [-0.39, 0.29) is 51.4 Å². The second-order valence-electron chi connectivity index (χ2n) is 1.91. The Morgan fingerprint density at radius 3 is 2.50 bits per heavy atom. The molecule has 5 heteroatoms. The van der Waals surface area contributed by atoms with Gasteiger partial charge in [0.1, 0.15) is 5.82 Å². The van der Waals surface area contributed by atoms with Gasteiger partial charge >= 0.3 is 51.4 Å². The van der Waals surface area contributed by atoms with Crippen LogP contribution in [0.5, 0.6) is 0 Å². The third-order valence-electron chi connectivity index (χ3n) is 1.15. The van der Waals surface area contributed by atoms with Crippen molar-refractivity contribution in [1.29, 1.82) is 0 Å². The molecule has 0 radical (unpaired) electrons. The number of hydrogen-bond donors (Lipinski definition) is 0. The molecule has 0 aromatic heterocycles. The molecular formula is C7H3BrFKO2. The zero-order valence-electron chi connectivity index (χ0n) is 6.30. The SMILES string of the molecule is O=C([O-])c1ccc(Br)cc1F.[K+]. The van der Waals surface area contributed by atoms with E-state index in [4.69, 9.17) is 0 Å². The summed E-state index contributed by atoms with van der Waals surface area (Å²) < 4.78 is 13.2. The number of carboxylic acid groups (broad SMARTS) is 1. The fraction of sp³-hybridized carbons (Fsp3) is 0. The van der Waals surface area contributed by atoms with Gasteiger partial charge in [0, 0.05) is 10.0 Å². The summed E-state index contributed by atoms with van der Waals surface area (Å²) in [4.78, 5) is 10.2. The smallest absolute Gasteiger partial charge is 0.545 e. The molecule has 0 bridgehead atoms. The molecule has 0 amide bonds. The van der Waals surface area contributed by atoms with Gasteiger partial charge in [0.05, 0.1) is 5.97 Å². The van der Waals surface area contributed by atoms with Crippen molar-refractivity contribution in [3.8, 4) is 0 Å². The number of benzene rings is 1. The summed E-state index contributed by atoms with van der Waals surface area (Å²) >= 11 is 2.99. The van der Waals surface area contributed by atoms with Crippen molar-refractivity contribution < 1.29 is 65.7 Å². The van der Waals surface area contributed by atoms with Crippen LogP contribution < -0.4 is 56.5 Å². The molecular weight excluding hydrogens is 254 g/mol. The monoisotopic (exact) mass is 256 g/mol. The normalized spacial score (nSPS) is 8.83. The summed E-state index contributed by atoms with van der Waals surface area (Å²) in [5.74, 6) is -2.30. The molecule has 0 heterocycles. The molecule has 1 aromatic carbocycles. The van der Waals surface area contributed by atoms with Crippen molar-refractivity contribution in [1.82, 2.24) is 0 Å². The summed E-state index contributed by atoms with van der Waals surface area (Å²) in [6.07, 6.45) is 0. The third kappa shape index (κ3) is 3.24. The molecule has 0 saturated carbocycles. The van der Waals surface area contributed by atoms with Crippen molar-refractivity contribution in [2.45, 2.75) is 0 Å². The quantitative estimate of drug-likeness (QED) is 0.544. The van der Waals surface area contributed by atoms with E-state index in [9.17, 15) is 14.3 Å². The largest absolute Gasteiger partial charge is 1.00 e. The van der Waals surface area contributed by atoms with Gasteiger partial charge in [-0.1, -0.05) is 15.9 Å². The van der Waals surface area contributed by atoms with Crippen LogP contribution in [0.15, 0.2) is 22.7 Å². The first-order chi connectivity index (χ1) is 5.11. The van der Waals surface area contributed by atoms with Crippen LogP contribution in [-0.4, -0.2) is 5.97 Å². The number of hydrogen-bond acceptors (Lipinski definition) is 2. The first-order valence-electron chi connectivity index (χ1n) is 2.77. The molecule has 0 aliphatic carbocycles. The molecule has 0 saturated heterocycles. The summed E-state index contributed by atoms with van der Waals surface area (Å²) in [6.45, 7) is 0. The van der Waals surface area contributed by atoms with Gasteiger partial charge in [0.15, 0.2) is 0 Å². The Kier molecular flexibility index (Phi) is 5.80. The predicted octanol–water partition coefficient (Wildman–Crippen LogP) is -2.04. The maximum absolute atomic E-state index is 12.7. The Morgan fingerprint density at radius 1 is 1.50 bits per heavy atom. The predicted molar refractivity (Wildman–Crippen MR) is 38.4 cm³/mol. The van der Waals surface area contributed by atoms with Crippen molar-refractivity contribution in [3.63, 3.8) is 0 Å². The van der Waals surface area contributed by atoms with E-state index < -0.39 is 17.3 Å². The second-order valence-corrected chi connectivity index (χ2v) is 2.83. The standard InChI is InChI=1S/C7H4BrFO2.K/c8-4-1-2-5(7(10)11)6(9)3-4;/h1-3H,(H,10,11);/q;+1/p-1. The fourth-order valence-corrected chi connectivity index (χ4v) is 0.988. The third-order valence-corrected chi connectivity index (χ3v) is 1.64. The molecule has 1 aromatic rings. The Morgan fingerprint density at radius 2 is 2.08 bits per heavy atom. The van der Waals surface area contributed by atoms with E-state index >= 15 is 0 Å². The number of aromatic carboxylic acids is 1. The molecule has 0 spiro atoms. The minimum absolute atomic E-state index is 0. The Labute approximate surface area is 120 Å². The van der Waals surface area contributed by atoms with Crippen LogP contribution >= 0.6 is 15.9 Å². The summed E-state index contributed by atoms with van der Waals surface area (Å²) in [5.41, 5.74) is -0.423. The Balaban J connectivity index is 0.00000121.